The van der Waals surface area contributed by atoms with Crippen LogP contribution in [0.4, 0.5) is 5.13 Å². The molecular weight excluding hydrogens is 300 g/mol. The van der Waals surface area contributed by atoms with Gasteiger partial charge in [0.2, 0.25) is 5.91 Å². The molecule has 2 atom stereocenters. The van der Waals surface area contributed by atoms with Gasteiger partial charge in [0.1, 0.15) is 0 Å². The van der Waals surface area contributed by atoms with Crippen LogP contribution < -0.4 is 15.5 Å². The van der Waals surface area contributed by atoms with Gasteiger partial charge in [-0.1, -0.05) is 0 Å². The van der Waals surface area contributed by atoms with Crippen LogP contribution in [0.15, 0.2) is 5.38 Å². The third-order valence-corrected chi connectivity index (χ3v) is 5.61. The monoisotopic (exact) mass is 324 g/mol. The van der Waals surface area contributed by atoms with Crippen molar-refractivity contribution in [3.05, 3.63) is 11.1 Å². The minimum absolute atomic E-state index is 0.0869. The van der Waals surface area contributed by atoms with E-state index in [9.17, 15) is 9.90 Å². The quantitative estimate of drug-likeness (QED) is 0.746. The first-order valence-corrected chi connectivity index (χ1v) is 8.85. The van der Waals surface area contributed by atoms with Crippen molar-refractivity contribution in [3.8, 4) is 0 Å². The second-order valence-electron chi connectivity index (χ2n) is 6.26. The average Bonchev–Trinajstić information content (AvgIpc) is 3.13. The Labute approximate surface area is 134 Å². The summed E-state index contributed by atoms with van der Waals surface area (Å²) in [6.07, 6.45) is 1.40. The first-order valence-electron chi connectivity index (χ1n) is 7.97. The fourth-order valence-electron chi connectivity index (χ4n) is 3.12. The van der Waals surface area contributed by atoms with Crippen molar-refractivity contribution in [2.45, 2.75) is 25.9 Å². The normalized spacial score (nSPS) is 26.4. The Kier molecular flexibility index (Phi) is 4.95. The number of amides is 1. The number of rotatable bonds is 4. The molecule has 3 heterocycles. The number of anilines is 1. The van der Waals surface area contributed by atoms with Gasteiger partial charge in [-0.25, -0.2) is 4.98 Å². The zero-order valence-electron chi connectivity index (χ0n) is 12.9. The molecule has 1 aromatic heterocycles. The molecule has 1 amide bonds. The topological polar surface area (TPSA) is 77.5 Å². The second kappa shape index (κ2) is 6.93. The van der Waals surface area contributed by atoms with Gasteiger partial charge in [0.15, 0.2) is 5.13 Å². The number of β-amino-alcohol motifs (C(OH)–C–C–N with tert-alkyl or cyclic N) is 1. The summed E-state index contributed by atoms with van der Waals surface area (Å²) < 4.78 is 0. The molecule has 1 aromatic rings. The highest BCUT2D eigenvalue weighted by atomic mass is 32.1. The van der Waals surface area contributed by atoms with Gasteiger partial charge in [-0.2, -0.15) is 0 Å². The number of hydrogen-bond acceptors (Lipinski definition) is 6. The van der Waals surface area contributed by atoms with Gasteiger partial charge < -0.3 is 20.6 Å². The molecule has 0 aliphatic carbocycles. The Morgan fingerprint density at radius 1 is 1.50 bits per heavy atom. The van der Waals surface area contributed by atoms with E-state index in [1.807, 2.05) is 6.92 Å². The third-order valence-electron chi connectivity index (χ3n) is 4.59. The zero-order chi connectivity index (χ0) is 15.5. The van der Waals surface area contributed by atoms with Crippen LogP contribution in [0.2, 0.25) is 0 Å². The molecule has 7 heteroatoms. The number of aryl methyl sites for hydroxylation is 1. The number of piperidine rings is 1. The van der Waals surface area contributed by atoms with Crippen LogP contribution in [-0.2, 0) is 4.79 Å². The van der Waals surface area contributed by atoms with Gasteiger partial charge in [-0.15, -0.1) is 11.3 Å². The van der Waals surface area contributed by atoms with E-state index in [1.54, 1.807) is 11.3 Å². The summed E-state index contributed by atoms with van der Waals surface area (Å²) in [6, 6.07) is 0. The fourth-order valence-corrected chi connectivity index (χ4v) is 3.98. The van der Waals surface area contributed by atoms with E-state index in [-0.39, 0.29) is 23.8 Å². The van der Waals surface area contributed by atoms with Gasteiger partial charge >= 0.3 is 0 Å². The van der Waals surface area contributed by atoms with Gasteiger partial charge in [0, 0.05) is 49.9 Å². The summed E-state index contributed by atoms with van der Waals surface area (Å²) in [5, 5.41) is 19.0. The molecule has 2 aliphatic heterocycles. The van der Waals surface area contributed by atoms with E-state index in [0.29, 0.717) is 13.1 Å². The summed E-state index contributed by atoms with van der Waals surface area (Å²) >= 11 is 1.67. The molecule has 2 unspecified atom stereocenters. The van der Waals surface area contributed by atoms with E-state index in [0.717, 1.165) is 43.3 Å². The van der Waals surface area contributed by atoms with Gasteiger partial charge in [-0.05, 0) is 19.8 Å². The summed E-state index contributed by atoms with van der Waals surface area (Å²) in [5.41, 5.74) is 1.06. The first-order chi connectivity index (χ1) is 10.6. The van der Waals surface area contributed by atoms with Crippen LogP contribution >= 0.6 is 11.3 Å². The highest BCUT2D eigenvalue weighted by molar-refractivity contribution is 7.13. The molecular formula is C15H24N4O2S. The lowest BCUT2D eigenvalue weighted by molar-refractivity contribution is -0.125. The molecule has 0 bridgehead atoms. The van der Waals surface area contributed by atoms with Crippen molar-refractivity contribution < 1.29 is 9.90 Å². The molecule has 3 rings (SSSR count). The van der Waals surface area contributed by atoms with Gasteiger partial charge in [-0.3, -0.25) is 4.79 Å². The van der Waals surface area contributed by atoms with Crippen LogP contribution in [0.3, 0.4) is 0 Å². The number of carbonyl (C=O) groups excluding carboxylic acids is 1. The molecule has 0 aromatic carbocycles. The summed E-state index contributed by atoms with van der Waals surface area (Å²) in [4.78, 5) is 19.0. The number of carbonyl (C=O) groups is 1. The van der Waals surface area contributed by atoms with Crippen LogP contribution in [-0.4, -0.2) is 54.8 Å². The van der Waals surface area contributed by atoms with Crippen molar-refractivity contribution in [1.29, 1.82) is 0 Å². The summed E-state index contributed by atoms with van der Waals surface area (Å²) in [7, 11) is 0. The van der Waals surface area contributed by atoms with Crippen molar-refractivity contribution in [2.75, 3.05) is 37.6 Å². The number of aliphatic hydroxyl groups excluding tert-OH is 1. The fraction of sp³-hybridized carbons (Fsp3) is 0.733. The van der Waals surface area contributed by atoms with Crippen molar-refractivity contribution >= 4 is 22.4 Å². The molecule has 22 heavy (non-hydrogen) atoms. The molecule has 6 nitrogen and oxygen atoms in total. The van der Waals surface area contributed by atoms with E-state index in [2.05, 4.69) is 25.9 Å². The highest BCUT2D eigenvalue weighted by Gasteiger charge is 2.29. The van der Waals surface area contributed by atoms with Crippen LogP contribution in [0.5, 0.6) is 0 Å². The van der Waals surface area contributed by atoms with Crippen LogP contribution in [0.1, 0.15) is 18.5 Å². The summed E-state index contributed by atoms with van der Waals surface area (Å²) in [6.45, 7) is 5.76. The Morgan fingerprint density at radius 3 is 2.86 bits per heavy atom. The largest absolute Gasteiger partial charge is 0.391 e. The molecule has 2 fully saturated rings. The number of thiazole rings is 1. The Balaban J connectivity index is 1.43. The smallest absolute Gasteiger partial charge is 0.223 e. The molecule has 2 saturated heterocycles. The Bertz CT molecular complexity index is 513. The standard InChI is InChI=1S/C15H24N4O2S/c1-10-9-22-15(18-10)19-4-2-11(3-5-19)14(21)17-7-12-6-16-8-13(12)20/h9,11-13,16,20H,2-8H2,1H3,(H,17,21). The van der Waals surface area contributed by atoms with Crippen molar-refractivity contribution in [1.82, 2.24) is 15.6 Å². The molecule has 0 spiro atoms. The zero-order valence-corrected chi connectivity index (χ0v) is 13.7. The van der Waals surface area contributed by atoms with Crippen LogP contribution in [0.25, 0.3) is 0 Å². The molecule has 2 aliphatic rings. The van der Waals surface area contributed by atoms with Crippen molar-refractivity contribution in [3.63, 3.8) is 0 Å². The highest BCUT2D eigenvalue weighted by Crippen LogP contribution is 2.26. The Morgan fingerprint density at radius 2 is 2.27 bits per heavy atom. The lowest BCUT2D eigenvalue weighted by Crippen LogP contribution is -2.42. The van der Waals surface area contributed by atoms with Crippen LogP contribution in [0, 0.1) is 18.8 Å². The Hall–Kier alpha value is -1.18. The maximum Gasteiger partial charge on any atom is 0.223 e. The predicted octanol–water partition coefficient (Wildman–Crippen LogP) is 0.364. The van der Waals surface area contributed by atoms with Crippen molar-refractivity contribution in [2.24, 2.45) is 11.8 Å². The van der Waals surface area contributed by atoms with Gasteiger partial charge in [0.25, 0.3) is 0 Å². The first kappa shape index (κ1) is 15.7. The third kappa shape index (κ3) is 3.59. The maximum atomic E-state index is 12.3. The lowest BCUT2D eigenvalue weighted by Gasteiger charge is -2.31. The molecule has 0 radical (unpaired) electrons. The number of hydrogen-bond donors (Lipinski definition) is 3. The SMILES string of the molecule is Cc1csc(N2CCC(C(=O)NCC3CNCC3O)CC2)n1. The maximum absolute atomic E-state index is 12.3. The lowest BCUT2D eigenvalue weighted by atomic mass is 9.96. The number of aromatic nitrogens is 1. The summed E-state index contributed by atoms with van der Waals surface area (Å²) in [5.74, 6) is 0.361. The predicted molar refractivity (Wildman–Crippen MR) is 87.2 cm³/mol. The van der Waals surface area contributed by atoms with E-state index >= 15 is 0 Å². The van der Waals surface area contributed by atoms with Gasteiger partial charge in [0.05, 0.1) is 11.8 Å². The van der Waals surface area contributed by atoms with E-state index in [4.69, 9.17) is 0 Å². The average molecular weight is 324 g/mol. The minimum atomic E-state index is -0.338. The minimum Gasteiger partial charge on any atom is -0.391 e. The van der Waals surface area contributed by atoms with E-state index < -0.39 is 0 Å². The van der Waals surface area contributed by atoms with E-state index in [1.165, 1.54) is 0 Å². The number of aliphatic hydroxyl groups is 1. The molecule has 3 N–H and O–H groups in total. The molecule has 122 valence electrons. The number of nitrogens with one attached hydrogen (secondary N) is 2. The number of nitrogens with zero attached hydrogens (tertiary/aromatic N) is 2. The second-order valence-corrected chi connectivity index (χ2v) is 7.10. The molecule has 0 saturated carbocycles.